The van der Waals surface area contributed by atoms with Crippen molar-refractivity contribution in [3.05, 3.63) is 0 Å². The summed E-state index contributed by atoms with van der Waals surface area (Å²) >= 11 is 0. The lowest BCUT2D eigenvalue weighted by Gasteiger charge is -2.18. The average molecular weight is 124 g/mol. The lowest BCUT2D eigenvalue weighted by molar-refractivity contribution is 0.374. The molecule has 0 amide bonds. The Balaban J connectivity index is 2.07. The van der Waals surface area contributed by atoms with Gasteiger partial charge in [-0.3, -0.25) is 4.99 Å². The quantitative estimate of drug-likeness (QED) is 0.498. The fourth-order valence-corrected chi connectivity index (χ4v) is 1.69. The maximum atomic E-state index is 4.25. The molecule has 1 spiro atoms. The van der Waals surface area contributed by atoms with Crippen LogP contribution in [0.4, 0.5) is 0 Å². The van der Waals surface area contributed by atoms with E-state index in [9.17, 15) is 0 Å². The molecule has 1 N–H and O–H groups in total. The van der Waals surface area contributed by atoms with Crippen LogP contribution >= 0.6 is 0 Å². The number of nitrogens with zero attached hydrogens (tertiary/aromatic N) is 1. The Morgan fingerprint density at radius 3 is 3.11 bits per heavy atom. The summed E-state index contributed by atoms with van der Waals surface area (Å²) in [5.41, 5.74) is 0.556. The molecular weight excluding hydrogens is 112 g/mol. The van der Waals surface area contributed by atoms with Crippen molar-refractivity contribution in [3.63, 3.8) is 0 Å². The van der Waals surface area contributed by atoms with Gasteiger partial charge in [-0.1, -0.05) is 0 Å². The van der Waals surface area contributed by atoms with Gasteiger partial charge in [0.25, 0.3) is 0 Å². The molecule has 2 heteroatoms. The van der Waals surface area contributed by atoms with Crippen molar-refractivity contribution in [3.8, 4) is 0 Å². The topological polar surface area (TPSA) is 24.4 Å². The number of hydrogen-bond donors (Lipinski definition) is 1. The first-order valence-corrected chi connectivity index (χ1v) is 3.60. The van der Waals surface area contributed by atoms with E-state index in [0.29, 0.717) is 5.41 Å². The molecule has 0 aromatic heterocycles. The van der Waals surface area contributed by atoms with Crippen LogP contribution in [0.3, 0.4) is 0 Å². The predicted molar refractivity (Wildman–Crippen MR) is 37.9 cm³/mol. The van der Waals surface area contributed by atoms with Gasteiger partial charge in [-0.2, -0.15) is 0 Å². The van der Waals surface area contributed by atoms with Crippen molar-refractivity contribution in [2.24, 2.45) is 10.4 Å². The van der Waals surface area contributed by atoms with E-state index in [4.69, 9.17) is 0 Å². The van der Waals surface area contributed by atoms with Crippen molar-refractivity contribution >= 4 is 6.21 Å². The minimum atomic E-state index is 0.556. The monoisotopic (exact) mass is 124 g/mol. The van der Waals surface area contributed by atoms with Crippen LogP contribution in [0.1, 0.15) is 12.8 Å². The van der Waals surface area contributed by atoms with E-state index in [1.807, 2.05) is 0 Å². The molecule has 2 rings (SSSR count). The Hall–Kier alpha value is -0.370. The lowest BCUT2D eigenvalue weighted by Crippen LogP contribution is -2.23. The van der Waals surface area contributed by atoms with Gasteiger partial charge in [0.2, 0.25) is 0 Å². The summed E-state index contributed by atoms with van der Waals surface area (Å²) in [5.74, 6) is 0. The Kier molecular flexibility index (Phi) is 1.09. The van der Waals surface area contributed by atoms with Crippen molar-refractivity contribution in [2.45, 2.75) is 12.8 Å². The fraction of sp³-hybridized carbons (Fsp3) is 0.857. The average Bonchev–Trinajstić information content (AvgIpc) is 2.45. The summed E-state index contributed by atoms with van der Waals surface area (Å²) in [7, 11) is 0. The van der Waals surface area contributed by atoms with Gasteiger partial charge < -0.3 is 5.32 Å². The largest absolute Gasteiger partial charge is 0.316 e. The second-order valence-corrected chi connectivity index (χ2v) is 3.15. The molecule has 1 saturated heterocycles. The molecule has 0 radical (unpaired) electrons. The van der Waals surface area contributed by atoms with Crippen LogP contribution in [0.2, 0.25) is 0 Å². The molecule has 2 heterocycles. The molecule has 1 unspecified atom stereocenters. The van der Waals surface area contributed by atoms with Gasteiger partial charge in [-0.15, -0.1) is 0 Å². The highest BCUT2D eigenvalue weighted by Crippen LogP contribution is 2.31. The lowest BCUT2D eigenvalue weighted by atomic mass is 9.86. The summed E-state index contributed by atoms with van der Waals surface area (Å²) in [6, 6.07) is 0. The standard InChI is InChI=1S/C7H12N2/c1-3-8-5-7(1)2-4-9-6-7/h3,9H,1-2,4-6H2. The normalized spacial score (nSPS) is 40.9. The van der Waals surface area contributed by atoms with Crippen LogP contribution in [0.5, 0.6) is 0 Å². The number of rotatable bonds is 0. The summed E-state index contributed by atoms with van der Waals surface area (Å²) in [6.07, 6.45) is 4.61. The van der Waals surface area contributed by atoms with Crippen molar-refractivity contribution in [1.82, 2.24) is 5.32 Å². The molecule has 1 fully saturated rings. The van der Waals surface area contributed by atoms with Crippen molar-refractivity contribution in [2.75, 3.05) is 19.6 Å². The molecule has 2 aliphatic rings. The minimum absolute atomic E-state index is 0.556. The van der Waals surface area contributed by atoms with E-state index < -0.39 is 0 Å². The zero-order chi connectivity index (χ0) is 6.16. The van der Waals surface area contributed by atoms with E-state index in [2.05, 4.69) is 16.5 Å². The molecular formula is C7H12N2. The second-order valence-electron chi connectivity index (χ2n) is 3.15. The van der Waals surface area contributed by atoms with Crippen LogP contribution in [0, 0.1) is 5.41 Å². The third-order valence-electron chi connectivity index (χ3n) is 2.41. The first kappa shape index (κ1) is 5.42. The van der Waals surface area contributed by atoms with Gasteiger partial charge in [0.05, 0.1) is 0 Å². The highest BCUT2D eigenvalue weighted by molar-refractivity contribution is 5.61. The molecule has 0 bridgehead atoms. The third kappa shape index (κ3) is 0.778. The molecule has 0 saturated carbocycles. The van der Waals surface area contributed by atoms with Gasteiger partial charge in [0.15, 0.2) is 0 Å². The molecule has 2 nitrogen and oxygen atoms in total. The van der Waals surface area contributed by atoms with Gasteiger partial charge in [0.1, 0.15) is 0 Å². The van der Waals surface area contributed by atoms with Crippen LogP contribution in [-0.4, -0.2) is 25.8 Å². The SMILES string of the molecule is C1=NCC2(C1)CCNC2. The smallest absolute Gasteiger partial charge is 0.0458 e. The number of hydrogen-bond acceptors (Lipinski definition) is 2. The zero-order valence-corrected chi connectivity index (χ0v) is 5.56. The summed E-state index contributed by atoms with van der Waals surface area (Å²) in [5, 5.41) is 3.38. The highest BCUT2D eigenvalue weighted by atomic mass is 15.0. The molecule has 0 aromatic rings. The van der Waals surface area contributed by atoms with Gasteiger partial charge in [0, 0.05) is 18.5 Å². The van der Waals surface area contributed by atoms with Crippen LogP contribution in [0.25, 0.3) is 0 Å². The molecule has 2 aliphatic heterocycles. The van der Waals surface area contributed by atoms with Crippen molar-refractivity contribution in [1.29, 1.82) is 0 Å². The van der Waals surface area contributed by atoms with E-state index in [1.165, 1.54) is 25.9 Å². The van der Waals surface area contributed by atoms with E-state index in [0.717, 1.165) is 6.54 Å². The molecule has 50 valence electrons. The van der Waals surface area contributed by atoms with Gasteiger partial charge >= 0.3 is 0 Å². The molecule has 0 aromatic carbocycles. The van der Waals surface area contributed by atoms with E-state index in [1.54, 1.807) is 0 Å². The van der Waals surface area contributed by atoms with Crippen LogP contribution in [-0.2, 0) is 0 Å². The second kappa shape index (κ2) is 1.81. The van der Waals surface area contributed by atoms with Crippen LogP contribution in [0.15, 0.2) is 4.99 Å². The molecule has 9 heavy (non-hydrogen) atoms. The maximum absolute atomic E-state index is 4.25. The Morgan fingerprint density at radius 1 is 1.56 bits per heavy atom. The number of nitrogens with one attached hydrogen (secondary N) is 1. The fourth-order valence-electron chi connectivity index (χ4n) is 1.69. The molecule has 1 atom stereocenters. The highest BCUT2D eigenvalue weighted by Gasteiger charge is 2.34. The van der Waals surface area contributed by atoms with Gasteiger partial charge in [-0.25, -0.2) is 0 Å². The maximum Gasteiger partial charge on any atom is 0.0458 e. The summed E-state index contributed by atoms with van der Waals surface area (Å²) in [4.78, 5) is 4.25. The molecule has 0 aliphatic carbocycles. The van der Waals surface area contributed by atoms with Gasteiger partial charge in [-0.05, 0) is 25.6 Å². The number of aliphatic imine (C=N–C) groups is 1. The zero-order valence-electron chi connectivity index (χ0n) is 5.56. The summed E-state index contributed by atoms with van der Waals surface area (Å²) < 4.78 is 0. The Labute approximate surface area is 55.4 Å². The van der Waals surface area contributed by atoms with Crippen molar-refractivity contribution < 1.29 is 0 Å². The minimum Gasteiger partial charge on any atom is -0.316 e. The Bertz CT molecular complexity index is 124. The first-order valence-electron chi connectivity index (χ1n) is 3.60. The van der Waals surface area contributed by atoms with E-state index >= 15 is 0 Å². The Morgan fingerprint density at radius 2 is 2.56 bits per heavy atom. The third-order valence-corrected chi connectivity index (χ3v) is 2.41. The first-order chi connectivity index (χ1) is 4.41. The predicted octanol–water partition coefficient (Wildman–Crippen LogP) is 0.441. The summed E-state index contributed by atoms with van der Waals surface area (Å²) in [6.45, 7) is 3.45. The van der Waals surface area contributed by atoms with Crippen LogP contribution < -0.4 is 5.32 Å². The van der Waals surface area contributed by atoms with E-state index in [-0.39, 0.29) is 0 Å².